The minimum atomic E-state index is -4.34. The Morgan fingerprint density at radius 3 is 2.64 bits per heavy atom. The molecule has 39 heavy (non-hydrogen) atoms. The second-order valence-corrected chi connectivity index (χ2v) is 13.4. The Kier molecular flexibility index (Phi) is 6.00. The molecule has 4 N–H and O–H groups in total. The molecule has 0 radical (unpaired) electrons. The molecule has 2 fully saturated rings. The van der Waals surface area contributed by atoms with E-state index in [1.54, 1.807) is 19.1 Å². The van der Waals surface area contributed by atoms with Crippen molar-refractivity contribution in [2.75, 3.05) is 13.1 Å². The number of ether oxygens (including phenoxy) is 1. The number of benzene rings is 2. The summed E-state index contributed by atoms with van der Waals surface area (Å²) in [5.41, 5.74) is -1.27. The summed E-state index contributed by atoms with van der Waals surface area (Å²) in [5.74, 6) is -0.885. The number of likely N-dealkylation sites (tertiary alicyclic amines) is 1. The number of piperidine rings is 1. The third kappa shape index (κ3) is 3.87. The highest BCUT2D eigenvalue weighted by molar-refractivity contribution is 7.90. The number of aliphatic hydroxyl groups excluding tert-OH is 1. The van der Waals surface area contributed by atoms with Crippen molar-refractivity contribution < 1.29 is 33.3 Å². The van der Waals surface area contributed by atoms with E-state index in [4.69, 9.17) is 16.3 Å². The lowest BCUT2D eigenvalue weighted by Crippen LogP contribution is -2.73. The van der Waals surface area contributed by atoms with Gasteiger partial charge in [0.2, 0.25) is 0 Å². The largest absolute Gasteiger partial charge is 0.508 e. The minimum Gasteiger partial charge on any atom is -0.508 e. The lowest BCUT2D eigenvalue weighted by atomic mass is 9.53. The molecule has 2 aromatic rings. The van der Waals surface area contributed by atoms with E-state index < -0.39 is 38.8 Å². The average Bonchev–Trinajstić information content (AvgIpc) is 3.62. The van der Waals surface area contributed by atoms with Crippen molar-refractivity contribution in [3.8, 4) is 11.5 Å². The molecular formula is C28H31ClN2O7S. The number of carbonyl (C=O) groups excluding carboxylic acids is 1. The summed E-state index contributed by atoms with van der Waals surface area (Å²) >= 11 is 6.03. The first kappa shape index (κ1) is 26.4. The number of nitrogens with one attached hydrogen (secondary N) is 1. The van der Waals surface area contributed by atoms with Crippen molar-refractivity contribution in [2.45, 2.75) is 67.6 Å². The van der Waals surface area contributed by atoms with Crippen LogP contribution < -0.4 is 9.46 Å². The summed E-state index contributed by atoms with van der Waals surface area (Å²) in [7, 11) is -4.34. The van der Waals surface area contributed by atoms with Crippen LogP contribution in [-0.4, -0.2) is 65.4 Å². The van der Waals surface area contributed by atoms with E-state index in [2.05, 4.69) is 4.90 Å². The van der Waals surface area contributed by atoms with E-state index in [0.29, 0.717) is 30.9 Å². The smallest absolute Gasteiger partial charge is 0.265 e. The van der Waals surface area contributed by atoms with E-state index in [1.807, 2.05) is 10.8 Å². The molecule has 2 aliphatic carbocycles. The van der Waals surface area contributed by atoms with Gasteiger partial charge in [-0.05, 0) is 75.8 Å². The van der Waals surface area contributed by atoms with Crippen LogP contribution in [0, 0.1) is 5.92 Å². The van der Waals surface area contributed by atoms with E-state index in [0.717, 1.165) is 12.1 Å². The first-order valence-electron chi connectivity index (χ1n) is 13.1. The maximum Gasteiger partial charge on any atom is 0.265 e. The summed E-state index contributed by atoms with van der Waals surface area (Å²) in [5, 5.41) is 34.4. The third-order valence-corrected chi connectivity index (χ3v) is 10.9. The minimum absolute atomic E-state index is 0.0534. The molecule has 4 atom stereocenters. The second kappa shape index (κ2) is 8.86. The maximum absolute atomic E-state index is 13.1. The molecule has 1 spiro atoms. The van der Waals surface area contributed by atoms with Gasteiger partial charge in [0.05, 0.1) is 21.6 Å². The molecule has 4 aliphatic rings. The molecule has 0 aromatic heterocycles. The lowest BCUT2D eigenvalue weighted by Gasteiger charge is -2.59. The molecule has 2 heterocycles. The fraction of sp³-hybridized carbons (Fsp3) is 0.464. The van der Waals surface area contributed by atoms with Gasteiger partial charge in [-0.25, -0.2) is 13.1 Å². The fourth-order valence-corrected chi connectivity index (χ4v) is 8.33. The summed E-state index contributed by atoms with van der Waals surface area (Å²) in [4.78, 5) is 15.2. The number of aromatic hydroxyl groups is 1. The summed E-state index contributed by atoms with van der Waals surface area (Å²) in [6.07, 6.45) is 2.10. The maximum atomic E-state index is 13.1. The highest BCUT2D eigenvalue weighted by Gasteiger charge is 2.69. The molecule has 1 saturated heterocycles. The molecule has 2 bridgehead atoms. The Bertz CT molecular complexity index is 1520. The highest BCUT2D eigenvalue weighted by Crippen LogP contribution is 2.63. The zero-order valence-electron chi connectivity index (χ0n) is 21.6. The Morgan fingerprint density at radius 2 is 1.95 bits per heavy atom. The number of nitrogens with zero attached hydrogens (tertiary/aromatic N) is 1. The van der Waals surface area contributed by atoms with Crippen LogP contribution in [-0.2, 0) is 26.7 Å². The molecule has 9 nitrogen and oxygen atoms in total. The van der Waals surface area contributed by atoms with Crippen molar-refractivity contribution in [2.24, 2.45) is 5.92 Å². The third-order valence-electron chi connectivity index (χ3n) is 9.07. The van der Waals surface area contributed by atoms with Gasteiger partial charge in [-0.1, -0.05) is 29.8 Å². The SMILES string of the molecule is C/C(C(=O)NS(=O)(=O)c1ccccc1Cl)=C(/O)[C@@H]1Oc2c(O)ccc3c2[C@@]12CCN(CC1CC1)[C@H](C3)[C@@]2(C)O. The zero-order valence-corrected chi connectivity index (χ0v) is 23.2. The Morgan fingerprint density at radius 1 is 1.23 bits per heavy atom. The molecule has 2 aliphatic heterocycles. The normalized spacial score (nSPS) is 30.3. The molecule has 0 unspecified atom stereocenters. The van der Waals surface area contributed by atoms with Gasteiger partial charge in [0.25, 0.3) is 15.9 Å². The number of hydrogen-bond acceptors (Lipinski definition) is 8. The number of aliphatic hydroxyl groups is 2. The van der Waals surface area contributed by atoms with Crippen molar-refractivity contribution in [3.63, 3.8) is 0 Å². The van der Waals surface area contributed by atoms with Gasteiger partial charge in [0.15, 0.2) is 17.6 Å². The Labute approximate surface area is 232 Å². The molecule has 1 amide bonds. The second-order valence-electron chi connectivity index (χ2n) is 11.3. The van der Waals surface area contributed by atoms with Crippen molar-refractivity contribution in [1.29, 1.82) is 0 Å². The van der Waals surface area contributed by atoms with Crippen LogP contribution in [0.15, 0.2) is 52.6 Å². The quantitative estimate of drug-likeness (QED) is 0.305. The summed E-state index contributed by atoms with van der Waals surface area (Å²) in [6, 6.07) is 8.82. The van der Waals surface area contributed by atoms with Gasteiger partial charge in [-0.15, -0.1) is 0 Å². The molecule has 208 valence electrons. The van der Waals surface area contributed by atoms with Gasteiger partial charge >= 0.3 is 0 Å². The number of fused-ring (bicyclic) bond motifs is 1. The van der Waals surface area contributed by atoms with Gasteiger partial charge < -0.3 is 20.1 Å². The first-order chi connectivity index (χ1) is 18.4. The fourth-order valence-electron chi connectivity index (χ4n) is 6.80. The number of hydrogen-bond donors (Lipinski definition) is 4. The lowest BCUT2D eigenvalue weighted by molar-refractivity contribution is -0.153. The number of phenolic OH excluding ortho intramolecular Hbond substituents is 1. The summed E-state index contributed by atoms with van der Waals surface area (Å²) < 4.78 is 33.9. The standard InChI is InChI=1S/C28H31ClN2O7S/c1-15(26(34)30-39(36,37)20-6-4-3-5-18(20)29)23(33)25-28-11-12-31(14-16-7-8-16)21(27(28,2)35)13-17-9-10-19(32)24(38-25)22(17)28/h3-6,9-10,16,21,25,32-33,35H,7-8,11-14H2,1-2H3,(H,30,34)/b23-15-/t21-,25+,27-,28+/m1/s1. The number of rotatable bonds is 6. The van der Waals surface area contributed by atoms with Crippen LogP contribution in [0.1, 0.15) is 44.2 Å². The predicted molar refractivity (Wildman–Crippen MR) is 143 cm³/mol. The van der Waals surface area contributed by atoms with Gasteiger partial charge in [-0.2, -0.15) is 0 Å². The topological polar surface area (TPSA) is 136 Å². The van der Waals surface area contributed by atoms with Crippen LogP contribution in [0.2, 0.25) is 5.02 Å². The van der Waals surface area contributed by atoms with Crippen LogP contribution in [0.4, 0.5) is 0 Å². The number of amides is 1. The first-order valence-corrected chi connectivity index (χ1v) is 14.9. The number of halogens is 1. The molecule has 6 rings (SSSR count). The van der Waals surface area contributed by atoms with E-state index in [9.17, 15) is 28.5 Å². The van der Waals surface area contributed by atoms with Crippen molar-refractivity contribution in [3.05, 3.63) is 63.9 Å². The van der Waals surface area contributed by atoms with E-state index in [1.165, 1.54) is 38.0 Å². The van der Waals surface area contributed by atoms with E-state index in [-0.39, 0.29) is 33.0 Å². The monoisotopic (exact) mass is 574 g/mol. The van der Waals surface area contributed by atoms with Gasteiger partial charge in [-0.3, -0.25) is 9.69 Å². The molecule has 11 heteroatoms. The highest BCUT2D eigenvalue weighted by atomic mass is 35.5. The van der Waals surface area contributed by atoms with Gasteiger partial charge in [0, 0.05) is 18.2 Å². The number of sulfonamides is 1. The van der Waals surface area contributed by atoms with Crippen molar-refractivity contribution >= 4 is 27.5 Å². The average molecular weight is 575 g/mol. The zero-order chi connectivity index (χ0) is 27.9. The van der Waals surface area contributed by atoms with Crippen LogP contribution in [0.5, 0.6) is 11.5 Å². The Balaban J connectivity index is 1.40. The van der Waals surface area contributed by atoms with E-state index >= 15 is 0 Å². The van der Waals surface area contributed by atoms with Gasteiger partial charge in [0.1, 0.15) is 10.7 Å². The number of carbonyl (C=O) groups is 1. The Hall–Kier alpha value is -2.79. The predicted octanol–water partition coefficient (Wildman–Crippen LogP) is 3.17. The molecule has 2 aromatic carbocycles. The van der Waals surface area contributed by atoms with Crippen LogP contribution >= 0.6 is 11.6 Å². The van der Waals surface area contributed by atoms with Crippen molar-refractivity contribution in [1.82, 2.24) is 9.62 Å². The van der Waals surface area contributed by atoms with Crippen LogP contribution in [0.3, 0.4) is 0 Å². The molecular weight excluding hydrogens is 544 g/mol. The number of phenols is 1. The van der Waals surface area contributed by atoms with Crippen LogP contribution in [0.25, 0.3) is 0 Å². The summed E-state index contributed by atoms with van der Waals surface area (Å²) in [6.45, 7) is 4.56. The molecule has 1 saturated carbocycles.